The van der Waals surface area contributed by atoms with E-state index in [2.05, 4.69) is 12.2 Å². The van der Waals surface area contributed by atoms with Crippen LogP contribution in [-0.2, 0) is 6.42 Å². The van der Waals surface area contributed by atoms with Crippen molar-refractivity contribution in [3.05, 3.63) is 68.7 Å². The van der Waals surface area contributed by atoms with E-state index in [1.54, 1.807) is 0 Å². The van der Waals surface area contributed by atoms with Crippen molar-refractivity contribution in [3.8, 4) is 5.75 Å². The van der Waals surface area contributed by atoms with Crippen LogP contribution in [0, 0.1) is 10.1 Å². The first-order valence-corrected chi connectivity index (χ1v) is 8.33. The molecular weight excluding hydrogens is 344 g/mol. The molecule has 0 heterocycles. The van der Waals surface area contributed by atoms with Crippen LogP contribution in [0.4, 0.5) is 5.69 Å². The first-order chi connectivity index (χ1) is 12.0. The number of halogens is 1. The highest BCUT2D eigenvalue weighted by atomic mass is 35.5. The Morgan fingerprint density at radius 2 is 1.96 bits per heavy atom. The van der Waals surface area contributed by atoms with Crippen molar-refractivity contribution in [1.29, 1.82) is 0 Å². The highest BCUT2D eigenvalue weighted by molar-refractivity contribution is 6.32. The van der Waals surface area contributed by atoms with Gasteiger partial charge in [-0.1, -0.05) is 37.1 Å². The molecule has 132 valence electrons. The number of hydrogen-bond donors (Lipinski definition) is 1. The average molecular weight is 363 g/mol. The van der Waals surface area contributed by atoms with Crippen LogP contribution in [0.5, 0.6) is 5.75 Å². The van der Waals surface area contributed by atoms with Gasteiger partial charge in [-0.25, -0.2) is 0 Å². The normalized spacial score (nSPS) is 10.3. The number of nitrogens with zero attached hydrogens (tertiary/aromatic N) is 1. The molecular formula is C18H19ClN2O4. The van der Waals surface area contributed by atoms with Gasteiger partial charge in [0.15, 0.2) is 0 Å². The molecule has 0 atom stereocenters. The molecule has 1 amide bonds. The second-order valence-corrected chi connectivity index (χ2v) is 5.83. The van der Waals surface area contributed by atoms with E-state index >= 15 is 0 Å². The van der Waals surface area contributed by atoms with Crippen molar-refractivity contribution in [3.63, 3.8) is 0 Å². The van der Waals surface area contributed by atoms with Crippen LogP contribution >= 0.6 is 11.6 Å². The molecule has 2 aromatic rings. The van der Waals surface area contributed by atoms with Crippen molar-refractivity contribution >= 4 is 23.2 Å². The number of carbonyl (C=O) groups is 1. The minimum atomic E-state index is -0.621. The van der Waals surface area contributed by atoms with E-state index in [4.69, 9.17) is 16.3 Å². The number of hydrogen-bond acceptors (Lipinski definition) is 4. The lowest BCUT2D eigenvalue weighted by molar-refractivity contribution is -0.384. The maximum Gasteiger partial charge on any atom is 0.288 e. The number of carbonyl (C=O) groups excluding carboxylic acids is 1. The summed E-state index contributed by atoms with van der Waals surface area (Å²) in [6, 6.07) is 11.8. The molecule has 0 saturated carbocycles. The third kappa shape index (κ3) is 5.46. The molecule has 0 aliphatic carbocycles. The molecule has 7 heteroatoms. The Hall–Kier alpha value is -2.60. The highest BCUT2D eigenvalue weighted by Crippen LogP contribution is 2.24. The quantitative estimate of drug-likeness (QED) is 0.437. The molecule has 6 nitrogen and oxygen atoms in total. The summed E-state index contributed by atoms with van der Waals surface area (Å²) in [6.07, 6.45) is 2.12. The third-order valence-corrected chi connectivity index (χ3v) is 3.84. The van der Waals surface area contributed by atoms with Gasteiger partial charge >= 0.3 is 0 Å². The van der Waals surface area contributed by atoms with Crippen LogP contribution in [0.25, 0.3) is 0 Å². The summed E-state index contributed by atoms with van der Waals surface area (Å²) in [4.78, 5) is 22.3. The molecule has 0 radical (unpaired) electrons. The predicted molar refractivity (Wildman–Crippen MR) is 96.4 cm³/mol. The SMILES string of the molecule is CCCc1ccc(OCCNC(=O)c2ccc(Cl)c([N+](=O)[O-])c2)cc1. The Balaban J connectivity index is 1.82. The van der Waals surface area contributed by atoms with Crippen LogP contribution in [0.2, 0.25) is 5.02 Å². The van der Waals surface area contributed by atoms with Crippen molar-refractivity contribution in [2.75, 3.05) is 13.2 Å². The van der Waals surface area contributed by atoms with Gasteiger partial charge in [0.2, 0.25) is 0 Å². The van der Waals surface area contributed by atoms with Crippen LogP contribution in [0.15, 0.2) is 42.5 Å². The Morgan fingerprint density at radius 3 is 2.60 bits per heavy atom. The van der Waals surface area contributed by atoms with Gasteiger partial charge in [0.25, 0.3) is 11.6 Å². The van der Waals surface area contributed by atoms with E-state index in [-0.39, 0.29) is 22.8 Å². The number of amides is 1. The number of rotatable bonds is 8. The molecule has 2 rings (SSSR count). The number of nitro groups is 1. The molecule has 25 heavy (non-hydrogen) atoms. The minimum absolute atomic E-state index is 0.00333. The van der Waals surface area contributed by atoms with E-state index in [9.17, 15) is 14.9 Å². The van der Waals surface area contributed by atoms with Crippen molar-refractivity contribution < 1.29 is 14.5 Å². The molecule has 0 fully saturated rings. The number of aryl methyl sites for hydroxylation is 1. The maximum atomic E-state index is 12.0. The number of nitro benzene ring substituents is 1. The lowest BCUT2D eigenvalue weighted by Gasteiger charge is -2.09. The van der Waals surface area contributed by atoms with Gasteiger partial charge in [0.1, 0.15) is 17.4 Å². The Labute approximate surface area is 150 Å². The van der Waals surface area contributed by atoms with Crippen molar-refractivity contribution in [2.24, 2.45) is 0 Å². The minimum Gasteiger partial charge on any atom is -0.492 e. The van der Waals surface area contributed by atoms with Crippen molar-refractivity contribution in [2.45, 2.75) is 19.8 Å². The van der Waals surface area contributed by atoms with E-state index in [0.717, 1.165) is 24.7 Å². The van der Waals surface area contributed by atoms with Gasteiger partial charge in [0, 0.05) is 11.6 Å². The summed E-state index contributed by atoms with van der Waals surface area (Å²) in [7, 11) is 0. The van der Waals surface area contributed by atoms with Gasteiger partial charge in [0.05, 0.1) is 11.5 Å². The van der Waals surface area contributed by atoms with Gasteiger partial charge in [-0.05, 0) is 36.2 Å². The summed E-state index contributed by atoms with van der Waals surface area (Å²) in [6.45, 7) is 2.71. The molecule has 0 aliphatic heterocycles. The fraction of sp³-hybridized carbons (Fsp3) is 0.278. The summed E-state index contributed by atoms with van der Waals surface area (Å²) >= 11 is 5.73. The van der Waals surface area contributed by atoms with E-state index in [0.29, 0.717) is 6.61 Å². The smallest absolute Gasteiger partial charge is 0.288 e. The zero-order valence-electron chi connectivity index (χ0n) is 13.8. The van der Waals surface area contributed by atoms with Gasteiger partial charge in [-0.15, -0.1) is 0 Å². The first-order valence-electron chi connectivity index (χ1n) is 7.95. The summed E-state index contributed by atoms with van der Waals surface area (Å²) < 4.78 is 5.56. The fourth-order valence-corrected chi connectivity index (χ4v) is 2.46. The van der Waals surface area contributed by atoms with E-state index in [1.165, 1.54) is 17.7 Å². The first kappa shape index (κ1) is 18.7. The molecule has 0 aliphatic rings. The second kappa shape index (κ2) is 9.03. The topological polar surface area (TPSA) is 81.5 Å². The van der Waals surface area contributed by atoms with Crippen molar-refractivity contribution in [1.82, 2.24) is 5.32 Å². The number of ether oxygens (including phenoxy) is 1. The Morgan fingerprint density at radius 1 is 1.24 bits per heavy atom. The standard InChI is InChI=1S/C18H19ClN2O4/c1-2-3-13-4-7-15(8-5-13)25-11-10-20-18(22)14-6-9-16(19)17(12-14)21(23)24/h4-9,12H,2-3,10-11H2,1H3,(H,20,22). The molecule has 0 unspecified atom stereocenters. The summed E-state index contributed by atoms with van der Waals surface area (Å²) in [5.41, 5.74) is 1.14. The zero-order chi connectivity index (χ0) is 18.2. The van der Waals surface area contributed by atoms with Crippen LogP contribution < -0.4 is 10.1 Å². The molecule has 2 aromatic carbocycles. The monoisotopic (exact) mass is 362 g/mol. The molecule has 0 spiro atoms. The second-order valence-electron chi connectivity index (χ2n) is 5.42. The highest BCUT2D eigenvalue weighted by Gasteiger charge is 2.15. The van der Waals surface area contributed by atoms with Crippen LogP contribution in [-0.4, -0.2) is 24.0 Å². The lowest BCUT2D eigenvalue weighted by atomic mass is 10.1. The van der Waals surface area contributed by atoms with Gasteiger partial charge in [-0.2, -0.15) is 0 Å². The summed E-state index contributed by atoms with van der Waals surface area (Å²) in [5, 5.41) is 13.5. The van der Waals surface area contributed by atoms with Gasteiger partial charge < -0.3 is 10.1 Å². The fourth-order valence-electron chi connectivity index (χ4n) is 2.27. The van der Waals surface area contributed by atoms with Gasteiger partial charge in [-0.3, -0.25) is 14.9 Å². The van der Waals surface area contributed by atoms with Crippen LogP contribution in [0.3, 0.4) is 0 Å². The zero-order valence-corrected chi connectivity index (χ0v) is 14.6. The van der Waals surface area contributed by atoms with E-state index in [1.807, 2.05) is 24.3 Å². The molecule has 0 bridgehead atoms. The summed E-state index contributed by atoms with van der Waals surface area (Å²) in [5.74, 6) is 0.317. The third-order valence-electron chi connectivity index (χ3n) is 3.52. The number of benzene rings is 2. The lowest BCUT2D eigenvalue weighted by Crippen LogP contribution is -2.28. The Bertz CT molecular complexity index is 747. The molecule has 0 saturated heterocycles. The van der Waals surface area contributed by atoms with Crippen LogP contribution in [0.1, 0.15) is 29.3 Å². The molecule has 0 aromatic heterocycles. The average Bonchev–Trinajstić information content (AvgIpc) is 2.60. The largest absolute Gasteiger partial charge is 0.492 e. The Kier molecular flexibility index (Phi) is 6.77. The molecule has 1 N–H and O–H groups in total. The maximum absolute atomic E-state index is 12.0. The number of nitrogens with one attached hydrogen (secondary N) is 1. The van der Waals surface area contributed by atoms with E-state index < -0.39 is 10.8 Å². The predicted octanol–water partition coefficient (Wildman–Crippen LogP) is 4.01.